The van der Waals surface area contributed by atoms with Crippen molar-refractivity contribution < 1.29 is 4.79 Å². The molecule has 2 saturated heterocycles. The summed E-state index contributed by atoms with van der Waals surface area (Å²) in [4.78, 5) is 14.6. The molecule has 2 N–H and O–H groups in total. The van der Waals surface area contributed by atoms with Crippen LogP contribution in [-0.4, -0.2) is 36.5 Å². The maximum absolute atomic E-state index is 12.1. The van der Waals surface area contributed by atoms with Gasteiger partial charge in [-0.15, -0.1) is 0 Å². The second-order valence-corrected chi connectivity index (χ2v) is 6.88. The summed E-state index contributed by atoms with van der Waals surface area (Å²) in [6.45, 7) is 5.06. The minimum Gasteiger partial charge on any atom is -0.351 e. The zero-order chi connectivity index (χ0) is 15.9. The maximum Gasteiger partial charge on any atom is 0.237 e. The molecular formula is C19H29N3O. The molecule has 0 bridgehead atoms. The van der Waals surface area contributed by atoms with Crippen LogP contribution in [0, 0.1) is 0 Å². The highest BCUT2D eigenvalue weighted by Gasteiger charge is 2.21. The van der Waals surface area contributed by atoms with Crippen LogP contribution < -0.4 is 10.6 Å². The topological polar surface area (TPSA) is 44.4 Å². The van der Waals surface area contributed by atoms with E-state index in [1.165, 1.54) is 49.9 Å². The van der Waals surface area contributed by atoms with Crippen molar-refractivity contribution in [3.05, 3.63) is 35.4 Å². The van der Waals surface area contributed by atoms with Gasteiger partial charge in [0.05, 0.1) is 6.04 Å². The fourth-order valence-corrected chi connectivity index (χ4v) is 3.61. The van der Waals surface area contributed by atoms with Gasteiger partial charge < -0.3 is 10.6 Å². The molecule has 1 amide bonds. The van der Waals surface area contributed by atoms with Gasteiger partial charge in [0.2, 0.25) is 5.91 Å². The highest BCUT2D eigenvalue weighted by molar-refractivity contribution is 5.81. The second-order valence-electron chi connectivity index (χ2n) is 6.88. The Morgan fingerprint density at radius 3 is 2.65 bits per heavy atom. The minimum absolute atomic E-state index is 0.00952. The Morgan fingerprint density at radius 1 is 1.13 bits per heavy atom. The number of amides is 1. The standard InChI is InChI=1S/C19H29N3O/c23-19(18-9-6-10-20-18)21-14-16-7-5-8-17(13-16)15-22-11-3-1-2-4-12-22/h5,7-8,13,18,20H,1-4,6,9-12,14-15H2,(H,21,23). The van der Waals surface area contributed by atoms with Crippen molar-refractivity contribution in [3.63, 3.8) is 0 Å². The number of carbonyl (C=O) groups is 1. The molecule has 1 unspecified atom stereocenters. The zero-order valence-electron chi connectivity index (χ0n) is 14.0. The molecule has 1 aromatic rings. The van der Waals surface area contributed by atoms with E-state index < -0.39 is 0 Å². The molecule has 23 heavy (non-hydrogen) atoms. The van der Waals surface area contributed by atoms with Crippen molar-refractivity contribution in [2.24, 2.45) is 0 Å². The minimum atomic E-state index is 0.00952. The highest BCUT2D eigenvalue weighted by Crippen LogP contribution is 2.14. The Morgan fingerprint density at radius 2 is 1.91 bits per heavy atom. The fourth-order valence-electron chi connectivity index (χ4n) is 3.61. The maximum atomic E-state index is 12.1. The number of rotatable bonds is 5. The monoisotopic (exact) mass is 315 g/mol. The third-order valence-electron chi connectivity index (χ3n) is 4.94. The van der Waals surface area contributed by atoms with Crippen molar-refractivity contribution in [3.8, 4) is 0 Å². The predicted octanol–water partition coefficient (Wildman–Crippen LogP) is 2.43. The van der Waals surface area contributed by atoms with Crippen LogP contribution in [0.5, 0.6) is 0 Å². The van der Waals surface area contributed by atoms with E-state index in [9.17, 15) is 4.79 Å². The van der Waals surface area contributed by atoms with Crippen LogP contribution in [0.25, 0.3) is 0 Å². The van der Waals surface area contributed by atoms with Gasteiger partial charge in [0.25, 0.3) is 0 Å². The van der Waals surface area contributed by atoms with E-state index in [1.54, 1.807) is 0 Å². The third-order valence-corrected chi connectivity index (χ3v) is 4.94. The molecule has 0 saturated carbocycles. The van der Waals surface area contributed by atoms with E-state index >= 15 is 0 Å². The molecule has 0 aromatic heterocycles. The number of hydrogen-bond acceptors (Lipinski definition) is 3. The summed E-state index contributed by atoms with van der Waals surface area (Å²) < 4.78 is 0. The lowest BCUT2D eigenvalue weighted by molar-refractivity contribution is -0.122. The average Bonchev–Trinajstić information content (AvgIpc) is 2.99. The SMILES string of the molecule is O=C(NCc1cccc(CN2CCCCCC2)c1)C1CCCN1. The zero-order valence-corrected chi connectivity index (χ0v) is 14.0. The van der Waals surface area contributed by atoms with Crippen LogP contribution in [0.2, 0.25) is 0 Å². The van der Waals surface area contributed by atoms with Gasteiger partial charge in [-0.25, -0.2) is 0 Å². The van der Waals surface area contributed by atoms with E-state index in [0.717, 1.165) is 25.9 Å². The van der Waals surface area contributed by atoms with Gasteiger partial charge in [-0.3, -0.25) is 9.69 Å². The molecule has 126 valence electrons. The molecule has 2 heterocycles. The van der Waals surface area contributed by atoms with Crippen LogP contribution in [0.1, 0.15) is 49.7 Å². The number of hydrogen-bond donors (Lipinski definition) is 2. The molecule has 2 aliphatic heterocycles. The summed E-state index contributed by atoms with van der Waals surface area (Å²) in [7, 11) is 0. The first-order chi connectivity index (χ1) is 11.3. The number of carbonyl (C=O) groups excluding carboxylic acids is 1. The highest BCUT2D eigenvalue weighted by atomic mass is 16.2. The lowest BCUT2D eigenvalue weighted by Gasteiger charge is -2.20. The smallest absolute Gasteiger partial charge is 0.237 e. The van der Waals surface area contributed by atoms with Gasteiger partial charge in [0.15, 0.2) is 0 Å². The second kappa shape index (κ2) is 8.46. The quantitative estimate of drug-likeness (QED) is 0.877. The summed E-state index contributed by atoms with van der Waals surface area (Å²) in [6, 6.07) is 8.67. The van der Waals surface area contributed by atoms with Gasteiger partial charge in [-0.05, 0) is 56.4 Å². The van der Waals surface area contributed by atoms with Gasteiger partial charge in [-0.2, -0.15) is 0 Å². The Bertz CT molecular complexity index is 503. The first-order valence-corrected chi connectivity index (χ1v) is 9.12. The molecule has 3 rings (SSSR count). The van der Waals surface area contributed by atoms with E-state index in [2.05, 4.69) is 39.8 Å². The summed E-state index contributed by atoms with van der Waals surface area (Å²) in [5.41, 5.74) is 2.56. The van der Waals surface area contributed by atoms with Crippen LogP contribution in [0.3, 0.4) is 0 Å². The summed E-state index contributed by atoms with van der Waals surface area (Å²) in [5, 5.41) is 6.31. The first-order valence-electron chi connectivity index (χ1n) is 9.12. The largest absolute Gasteiger partial charge is 0.351 e. The summed E-state index contributed by atoms with van der Waals surface area (Å²) in [6.07, 6.45) is 7.45. The van der Waals surface area contributed by atoms with E-state index in [0.29, 0.717) is 6.54 Å². The van der Waals surface area contributed by atoms with Gasteiger partial charge in [-0.1, -0.05) is 37.1 Å². The Balaban J connectivity index is 1.51. The third kappa shape index (κ3) is 5.05. The van der Waals surface area contributed by atoms with Gasteiger partial charge in [0, 0.05) is 13.1 Å². The normalized spacial score (nSPS) is 22.7. The van der Waals surface area contributed by atoms with Crippen molar-refractivity contribution in [2.75, 3.05) is 19.6 Å². The molecule has 0 radical (unpaired) electrons. The van der Waals surface area contributed by atoms with Crippen molar-refractivity contribution in [1.82, 2.24) is 15.5 Å². The van der Waals surface area contributed by atoms with Crippen LogP contribution >= 0.6 is 0 Å². The fraction of sp³-hybridized carbons (Fsp3) is 0.632. The molecule has 2 fully saturated rings. The van der Waals surface area contributed by atoms with Crippen LogP contribution in [-0.2, 0) is 17.9 Å². The van der Waals surface area contributed by atoms with E-state index in [-0.39, 0.29) is 11.9 Å². The molecule has 0 spiro atoms. The number of nitrogens with one attached hydrogen (secondary N) is 2. The average molecular weight is 315 g/mol. The van der Waals surface area contributed by atoms with Crippen LogP contribution in [0.4, 0.5) is 0 Å². The lowest BCUT2D eigenvalue weighted by Crippen LogP contribution is -2.40. The summed E-state index contributed by atoms with van der Waals surface area (Å²) >= 11 is 0. The Hall–Kier alpha value is -1.39. The number of benzene rings is 1. The molecule has 4 nitrogen and oxygen atoms in total. The first kappa shape index (κ1) is 16.5. The Labute approximate surface area is 139 Å². The van der Waals surface area contributed by atoms with E-state index in [4.69, 9.17) is 0 Å². The molecule has 0 aliphatic carbocycles. The molecule has 4 heteroatoms. The number of nitrogens with zero attached hydrogens (tertiary/aromatic N) is 1. The van der Waals surface area contributed by atoms with Crippen LogP contribution in [0.15, 0.2) is 24.3 Å². The van der Waals surface area contributed by atoms with Gasteiger partial charge in [0.1, 0.15) is 0 Å². The Kier molecular flexibility index (Phi) is 6.06. The molecule has 1 aromatic carbocycles. The van der Waals surface area contributed by atoms with Crippen molar-refractivity contribution >= 4 is 5.91 Å². The number of likely N-dealkylation sites (tertiary alicyclic amines) is 1. The molecule has 1 atom stereocenters. The van der Waals surface area contributed by atoms with Gasteiger partial charge >= 0.3 is 0 Å². The lowest BCUT2D eigenvalue weighted by atomic mass is 10.1. The summed E-state index contributed by atoms with van der Waals surface area (Å²) in [5.74, 6) is 0.139. The molecular weight excluding hydrogens is 286 g/mol. The molecule has 2 aliphatic rings. The van der Waals surface area contributed by atoms with E-state index in [1.807, 2.05) is 0 Å². The van der Waals surface area contributed by atoms with Crippen molar-refractivity contribution in [2.45, 2.75) is 57.7 Å². The van der Waals surface area contributed by atoms with Crippen molar-refractivity contribution in [1.29, 1.82) is 0 Å². The predicted molar refractivity (Wildman–Crippen MR) is 93.1 cm³/mol.